The van der Waals surface area contributed by atoms with E-state index >= 15 is 0 Å². The highest BCUT2D eigenvalue weighted by Gasteiger charge is 2.27. The van der Waals surface area contributed by atoms with E-state index in [2.05, 4.69) is 10.1 Å². The van der Waals surface area contributed by atoms with Crippen LogP contribution in [0.5, 0.6) is 11.5 Å². The van der Waals surface area contributed by atoms with E-state index < -0.39 is 18.7 Å². The van der Waals surface area contributed by atoms with E-state index in [1.807, 2.05) is 0 Å². The zero-order chi connectivity index (χ0) is 17.5. The number of hydrogen-bond acceptors (Lipinski definition) is 4. The lowest BCUT2D eigenvalue weighted by Gasteiger charge is -2.18. The van der Waals surface area contributed by atoms with Crippen LogP contribution >= 0.6 is 0 Å². The molecule has 0 aliphatic carbocycles. The van der Waals surface area contributed by atoms with Crippen molar-refractivity contribution in [2.45, 2.75) is 25.6 Å². The molecule has 1 N–H and O–H groups in total. The fourth-order valence-electron chi connectivity index (χ4n) is 1.92. The van der Waals surface area contributed by atoms with E-state index in [0.29, 0.717) is 11.5 Å². The molecule has 0 spiro atoms. The van der Waals surface area contributed by atoms with Gasteiger partial charge in [0.25, 0.3) is 0 Å². The summed E-state index contributed by atoms with van der Waals surface area (Å²) in [6, 6.07) is 4.80. The molecule has 1 amide bonds. The minimum atomic E-state index is -4.39. The number of halogens is 3. The molecule has 0 aromatic heterocycles. The Morgan fingerprint density at radius 2 is 1.96 bits per heavy atom. The Morgan fingerprint density at radius 1 is 1.26 bits per heavy atom. The molecule has 0 aliphatic rings. The number of hydrogen-bond donors (Lipinski definition) is 1. The first-order valence-electron chi connectivity index (χ1n) is 6.92. The van der Waals surface area contributed by atoms with Gasteiger partial charge in [-0.2, -0.15) is 13.2 Å². The van der Waals surface area contributed by atoms with Crippen LogP contribution in [0.2, 0.25) is 0 Å². The molecule has 0 saturated carbocycles. The lowest BCUT2D eigenvalue weighted by molar-refractivity contribution is -0.174. The first kappa shape index (κ1) is 19.1. The summed E-state index contributed by atoms with van der Waals surface area (Å²) in [6.45, 7) is 0.0960. The van der Waals surface area contributed by atoms with Crippen molar-refractivity contribution in [1.29, 1.82) is 0 Å². The number of methoxy groups -OCH3 is 2. The summed E-state index contributed by atoms with van der Waals surface area (Å²) in [6.07, 6.45) is -4.54. The Morgan fingerprint density at radius 3 is 2.52 bits per heavy atom. The maximum atomic E-state index is 11.9. The molecule has 1 rings (SSSR count). The molecule has 0 saturated heterocycles. The average Bonchev–Trinajstić information content (AvgIpc) is 2.49. The number of rotatable bonds is 8. The van der Waals surface area contributed by atoms with Crippen molar-refractivity contribution in [3.63, 3.8) is 0 Å². The number of carbonyl (C=O) groups is 1. The molecule has 0 bridgehead atoms. The quantitative estimate of drug-likeness (QED) is 0.742. The Hall–Kier alpha value is -1.96. The lowest BCUT2D eigenvalue weighted by Crippen LogP contribution is -2.28. The molecule has 0 heterocycles. The van der Waals surface area contributed by atoms with E-state index in [9.17, 15) is 18.0 Å². The first-order chi connectivity index (χ1) is 10.8. The fraction of sp³-hybridized carbons (Fsp3) is 0.533. The van der Waals surface area contributed by atoms with E-state index in [4.69, 9.17) is 9.47 Å². The third-order valence-corrected chi connectivity index (χ3v) is 3.02. The Kier molecular flexibility index (Phi) is 7.15. The Labute approximate surface area is 132 Å². The smallest absolute Gasteiger partial charge is 0.411 e. The minimum Gasteiger partial charge on any atom is -0.497 e. The average molecular weight is 335 g/mol. The van der Waals surface area contributed by atoms with Gasteiger partial charge in [-0.15, -0.1) is 0 Å². The molecule has 23 heavy (non-hydrogen) atoms. The SMILES string of the molecule is COc1ccc(C(C)NC(=O)CCOCC(F)(F)F)c(OC)c1. The lowest BCUT2D eigenvalue weighted by atomic mass is 10.1. The Bertz CT molecular complexity index is 520. The van der Waals surface area contributed by atoms with E-state index in [1.165, 1.54) is 14.2 Å². The van der Waals surface area contributed by atoms with Crippen molar-refractivity contribution in [3.05, 3.63) is 23.8 Å². The molecule has 0 radical (unpaired) electrons. The topological polar surface area (TPSA) is 56.8 Å². The second kappa shape index (κ2) is 8.61. The highest BCUT2D eigenvalue weighted by atomic mass is 19.4. The molecule has 0 aliphatic heterocycles. The summed E-state index contributed by atoms with van der Waals surface area (Å²) in [4.78, 5) is 11.7. The van der Waals surface area contributed by atoms with Crippen molar-refractivity contribution < 1.29 is 32.2 Å². The highest BCUT2D eigenvalue weighted by Crippen LogP contribution is 2.29. The maximum Gasteiger partial charge on any atom is 0.411 e. The summed E-state index contributed by atoms with van der Waals surface area (Å²) in [7, 11) is 3.03. The molecule has 1 unspecified atom stereocenters. The standard InChI is InChI=1S/C15H20F3NO4/c1-10(12-5-4-11(21-2)8-13(12)22-3)19-14(20)6-7-23-9-15(16,17)18/h4-5,8,10H,6-7,9H2,1-3H3,(H,19,20). The third kappa shape index (κ3) is 6.77. The fourth-order valence-corrected chi connectivity index (χ4v) is 1.92. The van der Waals surface area contributed by atoms with Gasteiger partial charge in [-0.05, 0) is 19.1 Å². The van der Waals surface area contributed by atoms with Gasteiger partial charge in [-0.1, -0.05) is 0 Å². The molecule has 1 aromatic carbocycles. The van der Waals surface area contributed by atoms with Crippen molar-refractivity contribution >= 4 is 5.91 Å². The zero-order valence-corrected chi connectivity index (χ0v) is 13.2. The van der Waals surface area contributed by atoms with Gasteiger partial charge in [0.15, 0.2) is 0 Å². The Balaban J connectivity index is 2.52. The summed E-state index contributed by atoms with van der Waals surface area (Å²) < 4.78 is 50.5. The second-order valence-corrected chi connectivity index (χ2v) is 4.81. The number of alkyl halides is 3. The molecule has 130 valence electrons. The molecule has 1 atom stereocenters. The van der Waals surface area contributed by atoms with E-state index in [-0.39, 0.29) is 19.1 Å². The first-order valence-corrected chi connectivity index (χ1v) is 6.92. The predicted octanol–water partition coefficient (Wildman–Crippen LogP) is 2.85. The molecule has 1 aromatic rings. The van der Waals surface area contributed by atoms with Crippen LogP contribution in [0.15, 0.2) is 18.2 Å². The van der Waals surface area contributed by atoms with Crippen LogP contribution < -0.4 is 14.8 Å². The van der Waals surface area contributed by atoms with E-state index in [1.54, 1.807) is 25.1 Å². The van der Waals surface area contributed by atoms with Crippen LogP contribution in [0.25, 0.3) is 0 Å². The molecule has 8 heteroatoms. The van der Waals surface area contributed by atoms with Gasteiger partial charge in [0.1, 0.15) is 18.1 Å². The van der Waals surface area contributed by atoms with Crippen LogP contribution in [0.3, 0.4) is 0 Å². The van der Waals surface area contributed by atoms with Crippen LogP contribution in [-0.2, 0) is 9.53 Å². The van der Waals surface area contributed by atoms with Gasteiger partial charge in [-0.3, -0.25) is 4.79 Å². The summed E-state index contributed by atoms with van der Waals surface area (Å²) in [5.41, 5.74) is 0.734. The number of nitrogens with one attached hydrogen (secondary N) is 1. The van der Waals surface area contributed by atoms with Gasteiger partial charge in [0.2, 0.25) is 5.91 Å². The molecule has 5 nitrogen and oxygen atoms in total. The molecular weight excluding hydrogens is 315 g/mol. The van der Waals surface area contributed by atoms with Gasteiger partial charge in [-0.25, -0.2) is 0 Å². The van der Waals surface area contributed by atoms with Gasteiger partial charge >= 0.3 is 6.18 Å². The number of amides is 1. The summed E-state index contributed by atoms with van der Waals surface area (Å²) in [5.74, 6) is 0.757. The second-order valence-electron chi connectivity index (χ2n) is 4.81. The third-order valence-electron chi connectivity index (χ3n) is 3.02. The van der Waals surface area contributed by atoms with Crippen molar-refractivity contribution in [2.75, 3.05) is 27.4 Å². The number of carbonyl (C=O) groups excluding carboxylic acids is 1. The number of ether oxygens (including phenoxy) is 3. The normalized spacial score (nSPS) is 12.6. The molecule has 0 fully saturated rings. The minimum absolute atomic E-state index is 0.154. The van der Waals surface area contributed by atoms with Crippen molar-refractivity contribution in [2.24, 2.45) is 0 Å². The predicted molar refractivity (Wildman–Crippen MR) is 77.6 cm³/mol. The van der Waals surface area contributed by atoms with Crippen LogP contribution in [0, 0.1) is 0 Å². The monoisotopic (exact) mass is 335 g/mol. The number of benzene rings is 1. The van der Waals surface area contributed by atoms with Crippen LogP contribution in [-0.4, -0.2) is 39.5 Å². The summed E-state index contributed by atoms with van der Waals surface area (Å²) in [5, 5.41) is 2.69. The van der Waals surface area contributed by atoms with Crippen molar-refractivity contribution in [3.8, 4) is 11.5 Å². The van der Waals surface area contributed by atoms with Crippen LogP contribution in [0.4, 0.5) is 13.2 Å². The van der Waals surface area contributed by atoms with Gasteiger partial charge in [0, 0.05) is 18.1 Å². The highest BCUT2D eigenvalue weighted by molar-refractivity contribution is 5.76. The van der Waals surface area contributed by atoms with Gasteiger partial charge in [0.05, 0.1) is 26.9 Å². The summed E-state index contributed by atoms with van der Waals surface area (Å²) >= 11 is 0. The molecular formula is C15H20F3NO4. The maximum absolute atomic E-state index is 11.9. The zero-order valence-electron chi connectivity index (χ0n) is 13.2. The van der Waals surface area contributed by atoms with Crippen LogP contribution in [0.1, 0.15) is 24.9 Å². The van der Waals surface area contributed by atoms with E-state index in [0.717, 1.165) is 5.56 Å². The largest absolute Gasteiger partial charge is 0.497 e. The van der Waals surface area contributed by atoms with Crippen molar-refractivity contribution in [1.82, 2.24) is 5.32 Å². The van der Waals surface area contributed by atoms with Gasteiger partial charge < -0.3 is 19.5 Å².